The van der Waals surface area contributed by atoms with Crippen molar-refractivity contribution >= 4 is 0 Å². The maximum Gasteiger partial charge on any atom is 0.0286 e. The van der Waals surface area contributed by atoms with Crippen LogP contribution >= 0.6 is 0 Å². The molecule has 0 saturated carbocycles. The number of nitrogens with one attached hydrogen (secondary N) is 1. The Hall–Kier alpha value is -0.460. The molecule has 0 amide bonds. The normalized spacial score (nSPS) is 11.2. The lowest BCUT2D eigenvalue weighted by atomic mass is 10.1. The second-order valence-corrected chi connectivity index (χ2v) is 3.73. The molecule has 0 heterocycles. The molecule has 0 fully saturated rings. The van der Waals surface area contributed by atoms with E-state index in [2.05, 4.69) is 39.6 Å². The zero-order valence-electron chi connectivity index (χ0n) is 7.62. The van der Waals surface area contributed by atoms with Crippen LogP contribution in [-0.4, -0.2) is 5.54 Å². The van der Waals surface area contributed by atoms with Crippen molar-refractivity contribution in [1.82, 2.24) is 5.32 Å². The standard InChI is InChI=1S/C9H19N/c1-6-7-8(2)10-9(3,4)5/h10H,2,6-7H2,1,3-5H3. The highest BCUT2D eigenvalue weighted by Crippen LogP contribution is 2.05. The van der Waals surface area contributed by atoms with Gasteiger partial charge in [-0.1, -0.05) is 19.9 Å². The molecule has 1 heteroatoms. The first kappa shape index (κ1) is 9.54. The van der Waals surface area contributed by atoms with E-state index in [4.69, 9.17) is 0 Å². The zero-order chi connectivity index (χ0) is 8.20. The van der Waals surface area contributed by atoms with E-state index < -0.39 is 0 Å². The summed E-state index contributed by atoms with van der Waals surface area (Å²) in [5.74, 6) is 0. The van der Waals surface area contributed by atoms with Crippen molar-refractivity contribution in [1.29, 1.82) is 0 Å². The summed E-state index contributed by atoms with van der Waals surface area (Å²) in [5.41, 5.74) is 1.32. The molecular weight excluding hydrogens is 122 g/mol. The first-order chi connectivity index (χ1) is 4.45. The van der Waals surface area contributed by atoms with E-state index in [-0.39, 0.29) is 5.54 Å². The average molecular weight is 141 g/mol. The predicted octanol–water partition coefficient (Wildman–Crippen LogP) is 2.69. The summed E-state index contributed by atoms with van der Waals surface area (Å²) < 4.78 is 0. The molecule has 10 heavy (non-hydrogen) atoms. The van der Waals surface area contributed by atoms with Gasteiger partial charge in [-0.15, -0.1) is 0 Å². The Morgan fingerprint density at radius 2 is 1.90 bits per heavy atom. The number of rotatable bonds is 3. The SMILES string of the molecule is C=C(CCC)NC(C)(C)C. The second-order valence-electron chi connectivity index (χ2n) is 3.73. The maximum atomic E-state index is 3.92. The van der Waals surface area contributed by atoms with Crippen LogP contribution in [0.25, 0.3) is 0 Å². The summed E-state index contributed by atoms with van der Waals surface area (Å²) in [7, 11) is 0. The Morgan fingerprint density at radius 1 is 1.40 bits per heavy atom. The Labute approximate surface area is 64.5 Å². The van der Waals surface area contributed by atoms with Crippen LogP contribution in [0.1, 0.15) is 40.5 Å². The van der Waals surface area contributed by atoms with Gasteiger partial charge in [-0.3, -0.25) is 0 Å². The van der Waals surface area contributed by atoms with E-state index >= 15 is 0 Å². The van der Waals surface area contributed by atoms with Gasteiger partial charge in [-0.25, -0.2) is 0 Å². The molecule has 1 N–H and O–H groups in total. The van der Waals surface area contributed by atoms with Crippen molar-refractivity contribution in [3.05, 3.63) is 12.3 Å². The van der Waals surface area contributed by atoms with Gasteiger partial charge in [0.2, 0.25) is 0 Å². The van der Waals surface area contributed by atoms with Crippen molar-refractivity contribution in [3.63, 3.8) is 0 Å². The van der Waals surface area contributed by atoms with Gasteiger partial charge < -0.3 is 5.32 Å². The van der Waals surface area contributed by atoms with Crippen molar-refractivity contribution in [2.75, 3.05) is 0 Å². The number of allylic oxidation sites excluding steroid dienone is 1. The fraction of sp³-hybridized carbons (Fsp3) is 0.778. The van der Waals surface area contributed by atoms with Crippen molar-refractivity contribution in [2.45, 2.75) is 46.1 Å². The third-order valence-electron chi connectivity index (χ3n) is 1.10. The van der Waals surface area contributed by atoms with Crippen molar-refractivity contribution in [3.8, 4) is 0 Å². The summed E-state index contributed by atoms with van der Waals surface area (Å²) in [5, 5.41) is 3.33. The Kier molecular flexibility index (Phi) is 3.48. The molecule has 1 nitrogen and oxygen atoms in total. The minimum absolute atomic E-state index is 0.173. The molecule has 0 atom stereocenters. The summed E-state index contributed by atoms with van der Waals surface area (Å²) >= 11 is 0. The zero-order valence-corrected chi connectivity index (χ0v) is 7.62. The van der Waals surface area contributed by atoms with Gasteiger partial charge in [-0.05, 0) is 27.2 Å². The van der Waals surface area contributed by atoms with Crippen molar-refractivity contribution in [2.24, 2.45) is 0 Å². The Bertz CT molecular complexity index is 108. The van der Waals surface area contributed by atoms with E-state index in [0.29, 0.717) is 0 Å². The molecule has 0 aromatic carbocycles. The van der Waals surface area contributed by atoms with Gasteiger partial charge in [0.05, 0.1) is 0 Å². The van der Waals surface area contributed by atoms with Gasteiger partial charge in [0, 0.05) is 11.2 Å². The van der Waals surface area contributed by atoms with Gasteiger partial charge in [-0.2, -0.15) is 0 Å². The smallest absolute Gasteiger partial charge is 0.0286 e. The Morgan fingerprint density at radius 3 is 2.20 bits per heavy atom. The molecular formula is C9H19N. The molecule has 0 saturated heterocycles. The highest BCUT2D eigenvalue weighted by molar-refractivity contribution is 4.95. The van der Waals surface area contributed by atoms with E-state index in [9.17, 15) is 0 Å². The fourth-order valence-corrected chi connectivity index (χ4v) is 0.895. The summed E-state index contributed by atoms with van der Waals surface area (Å²) in [6.07, 6.45) is 2.25. The molecule has 0 aliphatic carbocycles. The summed E-state index contributed by atoms with van der Waals surface area (Å²) in [6, 6.07) is 0. The van der Waals surface area contributed by atoms with Crippen LogP contribution in [0.15, 0.2) is 12.3 Å². The maximum absolute atomic E-state index is 3.92. The van der Waals surface area contributed by atoms with Crippen LogP contribution in [0, 0.1) is 0 Å². The molecule has 0 aliphatic rings. The summed E-state index contributed by atoms with van der Waals surface area (Å²) in [6.45, 7) is 12.5. The minimum Gasteiger partial charge on any atom is -0.384 e. The molecule has 60 valence electrons. The monoisotopic (exact) mass is 141 g/mol. The first-order valence-electron chi connectivity index (χ1n) is 3.91. The lowest BCUT2D eigenvalue weighted by Crippen LogP contribution is -2.34. The molecule has 0 rings (SSSR count). The third kappa shape index (κ3) is 5.67. The molecule has 0 aromatic rings. The van der Waals surface area contributed by atoms with Gasteiger partial charge in [0.1, 0.15) is 0 Å². The van der Waals surface area contributed by atoms with Crippen molar-refractivity contribution < 1.29 is 0 Å². The molecule has 0 bridgehead atoms. The number of hydrogen-bond acceptors (Lipinski definition) is 1. The van der Waals surface area contributed by atoms with Gasteiger partial charge >= 0.3 is 0 Å². The van der Waals surface area contributed by atoms with Crippen LogP contribution in [0.5, 0.6) is 0 Å². The quantitative estimate of drug-likeness (QED) is 0.637. The van der Waals surface area contributed by atoms with Gasteiger partial charge in [0.15, 0.2) is 0 Å². The van der Waals surface area contributed by atoms with E-state index in [1.54, 1.807) is 0 Å². The van der Waals surface area contributed by atoms with E-state index in [0.717, 1.165) is 12.1 Å². The Balaban J connectivity index is 3.58. The van der Waals surface area contributed by atoms with E-state index in [1.165, 1.54) is 6.42 Å². The number of hydrogen-bond donors (Lipinski definition) is 1. The van der Waals surface area contributed by atoms with Crippen LogP contribution in [0.3, 0.4) is 0 Å². The predicted molar refractivity (Wildman–Crippen MR) is 46.9 cm³/mol. The second kappa shape index (κ2) is 3.65. The van der Waals surface area contributed by atoms with E-state index in [1.807, 2.05) is 0 Å². The minimum atomic E-state index is 0.173. The third-order valence-corrected chi connectivity index (χ3v) is 1.10. The first-order valence-corrected chi connectivity index (χ1v) is 3.91. The lowest BCUT2D eigenvalue weighted by Gasteiger charge is -2.23. The van der Waals surface area contributed by atoms with Crippen LogP contribution in [0.2, 0.25) is 0 Å². The topological polar surface area (TPSA) is 12.0 Å². The fourth-order valence-electron chi connectivity index (χ4n) is 0.895. The van der Waals surface area contributed by atoms with Gasteiger partial charge in [0.25, 0.3) is 0 Å². The summed E-state index contributed by atoms with van der Waals surface area (Å²) in [4.78, 5) is 0. The molecule has 0 aliphatic heterocycles. The molecule has 0 aromatic heterocycles. The average Bonchev–Trinajstić information content (AvgIpc) is 1.59. The largest absolute Gasteiger partial charge is 0.384 e. The van der Waals surface area contributed by atoms with Crippen LogP contribution < -0.4 is 5.32 Å². The lowest BCUT2D eigenvalue weighted by molar-refractivity contribution is 0.463. The molecule has 0 unspecified atom stereocenters. The van der Waals surface area contributed by atoms with Crippen LogP contribution in [0.4, 0.5) is 0 Å². The van der Waals surface area contributed by atoms with Crippen LogP contribution in [-0.2, 0) is 0 Å². The molecule has 0 radical (unpaired) electrons. The molecule has 0 spiro atoms. The highest BCUT2D eigenvalue weighted by Gasteiger charge is 2.08. The highest BCUT2D eigenvalue weighted by atomic mass is 15.0.